The topological polar surface area (TPSA) is 46.5 Å². The average Bonchev–Trinajstić information content (AvgIpc) is 3.28. The minimum Gasteiger partial charge on any atom is -0.346 e. The number of benzene rings is 1. The van der Waals surface area contributed by atoms with Crippen molar-refractivity contribution in [2.24, 2.45) is 0 Å². The van der Waals surface area contributed by atoms with Crippen molar-refractivity contribution in [3.05, 3.63) is 78.9 Å². The summed E-state index contributed by atoms with van der Waals surface area (Å²) in [7, 11) is 0. The monoisotopic (exact) mass is 314 g/mol. The molecule has 0 aliphatic carbocycles. The van der Waals surface area contributed by atoms with E-state index in [1.807, 2.05) is 35.4 Å². The van der Waals surface area contributed by atoms with Gasteiger partial charge in [0.05, 0.1) is 6.20 Å². The third kappa shape index (κ3) is 2.99. The van der Waals surface area contributed by atoms with Gasteiger partial charge in [0.15, 0.2) is 0 Å². The number of aromatic nitrogens is 4. The number of pyridine rings is 1. The van der Waals surface area contributed by atoms with Gasteiger partial charge in [-0.25, -0.2) is 4.98 Å². The molecule has 0 saturated heterocycles. The number of H-pyrrole nitrogens is 1. The third-order valence-corrected chi connectivity index (χ3v) is 4.04. The maximum Gasteiger partial charge on any atom is 0.137 e. The van der Waals surface area contributed by atoms with Crippen LogP contribution in [0.15, 0.2) is 73.3 Å². The summed E-state index contributed by atoms with van der Waals surface area (Å²) >= 11 is 0. The molecule has 0 atom stereocenters. The summed E-state index contributed by atoms with van der Waals surface area (Å²) in [5.41, 5.74) is 4.41. The largest absolute Gasteiger partial charge is 0.346 e. The Hall–Kier alpha value is -3.14. The Morgan fingerprint density at radius 2 is 2.00 bits per heavy atom. The quantitative estimate of drug-likeness (QED) is 0.588. The van der Waals surface area contributed by atoms with Crippen LogP contribution in [0.4, 0.5) is 0 Å². The molecule has 0 bridgehead atoms. The van der Waals surface area contributed by atoms with Gasteiger partial charge in [-0.2, -0.15) is 5.10 Å². The molecule has 0 aliphatic rings. The van der Waals surface area contributed by atoms with Gasteiger partial charge < -0.3 is 4.98 Å². The normalized spacial score (nSPS) is 11.5. The van der Waals surface area contributed by atoms with Crippen molar-refractivity contribution in [2.75, 3.05) is 0 Å². The van der Waals surface area contributed by atoms with E-state index in [0.29, 0.717) is 0 Å². The molecule has 0 amide bonds. The number of allylic oxidation sites excluding steroid dienone is 1. The third-order valence-electron chi connectivity index (χ3n) is 4.04. The van der Waals surface area contributed by atoms with Gasteiger partial charge in [-0.3, -0.25) is 4.68 Å². The molecule has 4 aromatic rings. The molecule has 0 saturated carbocycles. The second kappa shape index (κ2) is 6.54. The summed E-state index contributed by atoms with van der Waals surface area (Å²) in [5.74, 6) is 0. The first-order chi connectivity index (χ1) is 11.9. The molecule has 3 aromatic heterocycles. The van der Waals surface area contributed by atoms with Gasteiger partial charge in [-0.1, -0.05) is 42.5 Å². The molecule has 0 radical (unpaired) electrons. The first kappa shape index (κ1) is 14.5. The molecule has 118 valence electrons. The van der Waals surface area contributed by atoms with E-state index in [0.717, 1.165) is 35.1 Å². The van der Waals surface area contributed by atoms with Crippen molar-refractivity contribution < 1.29 is 0 Å². The van der Waals surface area contributed by atoms with Crippen LogP contribution in [0.25, 0.3) is 28.2 Å². The van der Waals surface area contributed by atoms with Gasteiger partial charge in [0, 0.05) is 36.1 Å². The molecule has 1 aromatic carbocycles. The van der Waals surface area contributed by atoms with Gasteiger partial charge in [0.25, 0.3) is 0 Å². The number of aryl methyl sites for hydroxylation is 1. The minimum absolute atomic E-state index is 0.866. The lowest BCUT2D eigenvalue weighted by atomic mass is 10.1. The Kier molecular flexibility index (Phi) is 3.94. The zero-order valence-electron chi connectivity index (χ0n) is 13.3. The van der Waals surface area contributed by atoms with Crippen molar-refractivity contribution in [3.8, 4) is 11.1 Å². The first-order valence-electron chi connectivity index (χ1n) is 8.07. The SMILES string of the molecule is C(=Cc1ccccc1)CCn1cc(-c2ccnc3[nH]ccc23)cn1. The van der Waals surface area contributed by atoms with Crippen LogP contribution in [0, 0.1) is 0 Å². The van der Waals surface area contributed by atoms with Gasteiger partial charge in [-0.15, -0.1) is 0 Å². The summed E-state index contributed by atoms with van der Waals surface area (Å²) in [4.78, 5) is 7.48. The highest BCUT2D eigenvalue weighted by Crippen LogP contribution is 2.26. The number of hydrogen-bond acceptors (Lipinski definition) is 2. The molecule has 4 nitrogen and oxygen atoms in total. The molecule has 3 heterocycles. The number of aromatic amines is 1. The molecule has 0 aliphatic heterocycles. The minimum atomic E-state index is 0.866. The van der Waals surface area contributed by atoms with E-state index >= 15 is 0 Å². The van der Waals surface area contributed by atoms with Crippen LogP contribution in [0.3, 0.4) is 0 Å². The van der Waals surface area contributed by atoms with Crippen LogP contribution in [-0.4, -0.2) is 19.7 Å². The molecular formula is C20H18N4. The molecule has 0 spiro atoms. The Morgan fingerprint density at radius 3 is 2.92 bits per heavy atom. The Bertz CT molecular complexity index is 963. The average molecular weight is 314 g/mol. The summed E-state index contributed by atoms with van der Waals surface area (Å²) in [6, 6.07) is 14.4. The lowest BCUT2D eigenvalue weighted by molar-refractivity contribution is 0.624. The fourth-order valence-electron chi connectivity index (χ4n) is 2.83. The predicted molar refractivity (Wildman–Crippen MR) is 97.4 cm³/mol. The van der Waals surface area contributed by atoms with Gasteiger partial charge in [0.2, 0.25) is 0 Å². The van der Waals surface area contributed by atoms with Crippen molar-refractivity contribution in [1.29, 1.82) is 0 Å². The zero-order valence-corrected chi connectivity index (χ0v) is 13.3. The zero-order chi connectivity index (χ0) is 16.2. The smallest absolute Gasteiger partial charge is 0.137 e. The fourth-order valence-corrected chi connectivity index (χ4v) is 2.83. The molecule has 0 fully saturated rings. The number of fused-ring (bicyclic) bond motifs is 1. The number of rotatable bonds is 5. The van der Waals surface area contributed by atoms with Crippen LogP contribution in [-0.2, 0) is 6.54 Å². The summed E-state index contributed by atoms with van der Waals surface area (Å²) in [6.07, 6.45) is 13.0. The number of nitrogens with zero attached hydrogens (tertiary/aromatic N) is 3. The summed E-state index contributed by atoms with van der Waals surface area (Å²) < 4.78 is 1.99. The van der Waals surface area contributed by atoms with E-state index in [1.54, 1.807) is 0 Å². The Labute approximate surface area is 140 Å². The standard InChI is InChI=1S/C20H18N4/c1-2-6-16(7-3-1)8-4-5-13-24-15-17(14-23-24)18-9-11-21-20-19(18)10-12-22-20/h1-4,6-12,14-15H,5,13H2,(H,21,22). The first-order valence-corrected chi connectivity index (χ1v) is 8.07. The van der Waals surface area contributed by atoms with Gasteiger partial charge in [-0.05, 0) is 29.7 Å². The highest BCUT2D eigenvalue weighted by molar-refractivity contribution is 5.92. The second-order valence-electron chi connectivity index (χ2n) is 5.69. The van der Waals surface area contributed by atoms with Gasteiger partial charge >= 0.3 is 0 Å². The number of hydrogen-bond donors (Lipinski definition) is 1. The second-order valence-corrected chi connectivity index (χ2v) is 5.69. The maximum absolute atomic E-state index is 4.48. The molecule has 4 heteroatoms. The Morgan fingerprint density at radius 1 is 1.08 bits per heavy atom. The summed E-state index contributed by atoms with van der Waals surface area (Å²) in [6.45, 7) is 0.866. The highest BCUT2D eigenvalue weighted by Gasteiger charge is 2.07. The van der Waals surface area contributed by atoms with Crippen LogP contribution in [0.5, 0.6) is 0 Å². The van der Waals surface area contributed by atoms with Crippen LogP contribution in [0.2, 0.25) is 0 Å². The molecule has 0 unspecified atom stereocenters. The molecule has 4 rings (SSSR count). The van der Waals surface area contributed by atoms with Crippen molar-refractivity contribution in [3.63, 3.8) is 0 Å². The fraction of sp³-hybridized carbons (Fsp3) is 0.100. The lowest BCUT2D eigenvalue weighted by Crippen LogP contribution is -1.96. The van der Waals surface area contributed by atoms with E-state index in [9.17, 15) is 0 Å². The Balaban J connectivity index is 1.45. The van der Waals surface area contributed by atoms with Crippen LogP contribution in [0.1, 0.15) is 12.0 Å². The summed E-state index contributed by atoms with van der Waals surface area (Å²) in [5, 5.41) is 5.61. The van der Waals surface area contributed by atoms with Gasteiger partial charge in [0.1, 0.15) is 5.65 Å². The maximum atomic E-state index is 4.48. The predicted octanol–water partition coefficient (Wildman–Crippen LogP) is 4.53. The van der Waals surface area contributed by atoms with Crippen molar-refractivity contribution in [2.45, 2.75) is 13.0 Å². The molecular weight excluding hydrogens is 296 g/mol. The van der Waals surface area contributed by atoms with Crippen molar-refractivity contribution in [1.82, 2.24) is 19.7 Å². The molecule has 1 N–H and O–H groups in total. The van der Waals surface area contributed by atoms with E-state index < -0.39 is 0 Å². The molecule has 24 heavy (non-hydrogen) atoms. The van der Waals surface area contributed by atoms with E-state index in [-0.39, 0.29) is 0 Å². The van der Waals surface area contributed by atoms with E-state index in [4.69, 9.17) is 0 Å². The number of nitrogens with one attached hydrogen (secondary N) is 1. The van der Waals surface area contributed by atoms with E-state index in [2.05, 4.69) is 63.7 Å². The highest BCUT2D eigenvalue weighted by atomic mass is 15.3. The van der Waals surface area contributed by atoms with Crippen LogP contribution < -0.4 is 0 Å². The van der Waals surface area contributed by atoms with E-state index in [1.165, 1.54) is 5.56 Å². The van der Waals surface area contributed by atoms with Crippen molar-refractivity contribution >= 4 is 17.1 Å². The van der Waals surface area contributed by atoms with Crippen LogP contribution >= 0.6 is 0 Å². The lowest BCUT2D eigenvalue weighted by Gasteiger charge is -1.99.